The van der Waals surface area contributed by atoms with Crippen molar-refractivity contribution in [2.24, 2.45) is 0 Å². The van der Waals surface area contributed by atoms with E-state index < -0.39 is 11.6 Å². The Hall–Kier alpha value is -0.913. The molecule has 0 aliphatic heterocycles. The van der Waals surface area contributed by atoms with E-state index in [1.807, 2.05) is 0 Å². The van der Waals surface area contributed by atoms with Crippen molar-refractivity contribution < 1.29 is 14.6 Å². The summed E-state index contributed by atoms with van der Waals surface area (Å²) in [6, 6.07) is 6.32. The fourth-order valence-electron chi connectivity index (χ4n) is 0.979. The van der Waals surface area contributed by atoms with Crippen LogP contribution in [0.3, 0.4) is 0 Å². The van der Waals surface area contributed by atoms with Crippen LogP contribution in [0.25, 0.3) is 0 Å². The topological polar surface area (TPSA) is 46.5 Å². The van der Waals surface area contributed by atoms with E-state index in [4.69, 9.17) is 4.74 Å². The first-order valence-corrected chi connectivity index (χ1v) is 4.41. The summed E-state index contributed by atoms with van der Waals surface area (Å²) in [4.78, 5) is 11.5. The summed E-state index contributed by atoms with van der Waals surface area (Å²) >= 11 is 0. The second kappa shape index (κ2) is 5.25. The van der Waals surface area contributed by atoms with E-state index in [0.29, 0.717) is 0 Å². The molecule has 0 spiro atoms. The van der Waals surface area contributed by atoms with Gasteiger partial charge in [-0.1, -0.05) is 12.1 Å². The van der Waals surface area contributed by atoms with Crippen molar-refractivity contribution >= 4 is 24.8 Å². The Kier molecular flexibility index (Phi) is 4.93. The number of phenolic OH excluding ortho intramolecular Hbond substituents is 1. The molecule has 4 heteroatoms. The number of rotatable bonds is 1. The van der Waals surface area contributed by atoms with Gasteiger partial charge in [-0.15, -0.1) is 0 Å². The molecule has 1 rings (SSSR count). The summed E-state index contributed by atoms with van der Waals surface area (Å²) in [5, 5.41) is 9.38. The Labute approximate surface area is 102 Å². The number of hydrogen-bond donors (Lipinski definition) is 1. The van der Waals surface area contributed by atoms with Crippen molar-refractivity contribution in [1.82, 2.24) is 0 Å². The van der Waals surface area contributed by atoms with Crippen molar-refractivity contribution in [1.29, 1.82) is 0 Å². The predicted molar refractivity (Wildman–Crippen MR) is 60.4 cm³/mol. The average molecular weight is 202 g/mol. The number of ether oxygens (including phenoxy) is 1. The molecule has 0 fully saturated rings. The SMILES string of the molecule is CC(C)(C)OC(=O)c1ccccc1O.[LiH]. The summed E-state index contributed by atoms with van der Waals surface area (Å²) < 4.78 is 5.11. The van der Waals surface area contributed by atoms with E-state index in [1.165, 1.54) is 12.1 Å². The van der Waals surface area contributed by atoms with Gasteiger partial charge < -0.3 is 9.84 Å². The Morgan fingerprint density at radius 2 is 1.80 bits per heavy atom. The van der Waals surface area contributed by atoms with Gasteiger partial charge in [0.05, 0.1) is 0 Å². The van der Waals surface area contributed by atoms with E-state index in [0.717, 1.165) is 0 Å². The molecule has 1 aromatic carbocycles. The maximum atomic E-state index is 11.5. The van der Waals surface area contributed by atoms with E-state index in [1.54, 1.807) is 32.9 Å². The van der Waals surface area contributed by atoms with Gasteiger partial charge in [-0.2, -0.15) is 0 Å². The monoisotopic (exact) mass is 202 g/mol. The summed E-state index contributed by atoms with van der Waals surface area (Å²) in [6.07, 6.45) is 0. The normalized spacial score (nSPS) is 10.3. The summed E-state index contributed by atoms with van der Waals surface area (Å²) in [5.41, 5.74) is -0.346. The number of aromatic hydroxyl groups is 1. The fourth-order valence-corrected chi connectivity index (χ4v) is 0.979. The van der Waals surface area contributed by atoms with Crippen molar-refractivity contribution in [3.63, 3.8) is 0 Å². The zero-order valence-corrected chi connectivity index (χ0v) is 8.57. The number of para-hydroxylation sites is 1. The Morgan fingerprint density at radius 3 is 2.27 bits per heavy atom. The van der Waals surface area contributed by atoms with Crippen molar-refractivity contribution in [2.75, 3.05) is 0 Å². The standard InChI is InChI=1S/C11H14O3.Li.H/c1-11(2,3)14-10(13)8-6-4-5-7-9(8)12;;/h4-7,12H,1-3H3;;. The minimum atomic E-state index is -0.542. The van der Waals surface area contributed by atoms with Gasteiger partial charge in [-0.25, -0.2) is 4.79 Å². The molecule has 0 unspecified atom stereocenters. The number of carbonyl (C=O) groups excluding carboxylic acids is 1. The van der Waals surface area contributed by atoms with Crippen LogP contribution in [0.2, 0.25) is 0 Å². The van der Waals surface area contributed by atoms with Gasteiger partial charge in [0.2, 0.25) is 0 Å². The van der Waals surface area contributed by atoms with Gasteiger partial charge in [0, 0.05) is 0 Å². The first-order chi connectivity index (χ1) is 6.40. The number of esters is 1. The van der Waals surface area contributed by atoms with Gasteiger partial charge in [0.1, 0.15) is 16.9 Å². The molecular weight excluding hydrogens is 187 g/mol. The van der Waals surface area contributed by atoms with Gasteiger partial charge in [0.15, 0.2) is 0 Å². The molecule has 3 nitrogen and oxygen atoms in total. The van der Waals surface area contributed by atoms with Crippen molar-refractivity contribution in [3.05, 3.63) is 29.8 Å². The van der Waals surface area contributed by atoms with Crippen LogP contribution < -0.4 is 0 Å². The zero-order chi connectivity index (χ0) is 10.8. The predicted octanol–water partition coefficient (Wildman–Crippen LogP) is 1.70. The van der Waals surface area contributed by atoms with E-state index >= 15 is 0 Å². The number of carbonyl (C=O) groups is 1. The number of phenols is 1. The van der Waals surface area contributed by atoms with Gasteiger partial charge in [0.25, 0.3) is 0 Å². The first-order valence-electron chi connectivity index (χ1n) is 4.41. The van der Waals surface area contributed by atoms with E-state index in [9.17, 15) is 9.90 Å². The van der Waals surface area contributed by atoms with Gasteiger partial charge in [-0.05, 0) is 32.9 Å². The van der Waals surface area contributed by atoms with Crippen LogP contribution >= 0.6 is 0 Å². The fraction of sp³-hybridized carbons (Fsp3) is 0.364. The maximum absolute atomic E-state index is 11.5. The molecule has 0 heterocycles. The Morgan fingerprint density at radius 1 is 1.27 bits per heavy atom. The third-order valence-corrected chi connectivity index (χ3v) is 1.52. The quantitative estimate of drug-likeness (QED) is 0.557. The third kappa shape index (κ3) is 4.42. The Balaban J connectivity index is 0.00000196. The molecule has 0 radical (unpaired) electrons. The van der Waals surface area contributed by atoms with Crippen LogP contribution in [0.4, 0.5) is 0 Å². The molecule has 0 bridgehead atoms. The second-order valence-corrected chi connectivity index (χ2v) is 4.02. The van der Waals surface area contributed by atoms with E-state index in [-0.39, 0.29) is 30.2 Å². The van der Waals surface area contributed by atoms with Crippen LogP contribution in [0.1, 0.15) is 31.1 Å². The molecule has 0 aliphatic rings. The van der Waals surface area contributed by atoms with Crippen molar-refractivity contribution in [3.8, 4) is 5.75 Å². The summed E-state index contributed by atoms with van der Waals surface area (Å²) in [7, 11) is 0. The minimum absolute atomic E-state index is 0. The van der Waals surface area contributed by atoms with Crippen molar-refractivity contribution in [2.45, 2.75) is 26.4 Å². The third-order valence-electron chi connectivity index (χ3n) is 1.52. The molecule has 78 valence electrons. The number of benzene rings is 1. The molecular formula is C11H15LiO3. The van der Waals surface area contributed by atoms with Crippen LogP contribution in [0.15, 0.2) is 24.3 Å². The summed E-state index contributed by atoms with van der Waals surface area (Å²) in [5.74, 6) is -0.558. The molecule has 0 aromatic heterocycles. The molecule has 1 N–H and O–H groups in total. The van der Waals surface area contributed by atoms with Gasteiger partial charge >= 0.3 is 24.8 Å². The molecule has 15 heavy (non-hydrogen) atoms. The zero-order valence-electron chi connectivity index (χ0n) is 8.57. The van der Waals surface area contributed by atoms with Crippen LogP contribution in [0.5, 0.6) is 5.75 Å². The first kappa shape index (κ1) is 14.1. The van der Waals surface area contributed by atoms with Crippen LogP contribution in [-0.4, -0.2) is 35.5 Å². The molecule has 0 amide bonds. The van der Waals surface area contributed by atoms with Crippen LogP contribution in [-0.2, 0) is 4.74 Å². The molecule has 0 saturated heterocycles. The molecule has 0 saturated carbocycles. The Bertz CT molecular complexity index is 342. The average Bonchev–Trinajstić information content (AvgIpc) is 2.01. The van der Waals surface area contributed by atoms with Gasteiger partial charge in [-0.3, -0.25) is 0 Å². The number of hydrogen-bond acceptors (Lipinski definition) is 3. The van der Waals surface area contributed by atoms with Crippen LogP contribution in [0, 0.1) is 0 Å². The summed E-state index contributed by atoms with van der Waals surface area (Å²) in [6.45, 7) is 5.35. The second-order valence-electron chi connectivity index (χ2n) is 4.02. The molecule has 0 aliphatic carbocycles. The molecule has 1 aromatic rings. The molecule has 0 atom stereocenters. The van der Waals surface area contributed by atoms with E-state index in [2.05, 4.69) is 0 Å².